The average molecular weight is 281 g/mol. The summed E-state index contributed by atoms with van der Waals surface area (Å²) >= 11 is 2.04. The second kappa shape index (κ2) is 5.96. The summed E-state index contributed by atoms with van der Waals surface area (Å²) in [6.07, 6.45) is 3.63. The third-order valence-electron chi connectivity index (χ3n) is 3.55. The van der Waals surface area contributed by atoms with Gasteiger partial charge in [-0.25, -0.2) is 15.8 Å². The fourth-order valence-corrected chi connectivity index (χ4v) is 3.46. The minimum absolute atomic E-state index is 0.350. The summed E-state index contributed by atoms with van der Waals surface area (Å²) in [7, 11) is 0. The van der Waals surface area contributed by atoms with E-state index < -0.39 is 0 Å². The third-order valence-corrected chi connectivity index (χ3v) is 4.92. The van der Waals surface area contributed by atoms with Crippen LogP contribution in [0.5, 0.6) is 0 Å². The molecule has 6 heteroatoms. The molecule has 0 bridgehead atoms. The van der Waals surface area contributed by atoms with Crippen molar-refractivity contribution in [2.75, 3.05) is 29.2 Å². The molecule has 1 fully saturated rings. The predicted octanol–water partition coefficient (Wildman–Crippen LogP) is 2.05. The molecule has 0 unspecified atom stereocenters. The summed E-state index contributed by atoms with van der Waals surface area (Å²) in [6.45, 7) is 8.80. The van der Waals surface area contributed by atoms with Gasteiger partial charge in [0.15, 0.2) is 0 Å². The van der Waals surface area contributed by atoms with E-state index in [1.807, 2.05) is 11.8 Å². The van der Waals surface area contributed by atoms with E-state index in [1.54, 1.807) is 6.33 Å². The molecule has 1 aliphatic heterocycles. The number of hydrazine groups is 1. The van der Waals surface area contributed by atoms with Crippen molar-refractivity contribution in [3.63, 3.8) is 0 Å². The molecular weight excluding hydrogens is 258 g/mol. The summed E-state index contributed by atoms with van der Waals surface area (Å²) < 4.78 is 0.350. The minimum atomic E-state index is 0.350. The molecular formula is C13H23N5S. The molecule has 1 aliphatic rings. The Bertz CT molecular complexity index is 435. The van der Waals surface area contributed by atoms with Crippen molar-refractivity contribution in [1.82, 2.24) is 9.97 Å². The van der Waals surface area contributed by atoms with Crippen LogP contribution in [-0.2, 0) is 6.42 Å². The lowest BCUT2D eigenvalue weighted by atomic mass is 10.1. The molecule has 2 rings (SSSR count). The van der Waals surface area contributed by atoms with Crippen LogP contribution in [0.15, 0.2) is 6.33 Å². The van der Waals surface area contributed by atoms with E-state index in [9.17, 15) is 0 Å². The van der Waals surface area contributed by atoms with Gasteiger partial charge in [0, 0.05) is 29.2 Å². The van der Waals surface area contributed by atoms with Gasteiger partial charge in [0.25, 0.3) is 0 Å². The summed E-state index contributed by atoms with van der Waals surface area (Å²) in [5.74, 6) is 8.44. The third kappa shape index (κ3) is 3.30. The van der Waals surface area contributed by atoms with Gasteiger partial charge < -0.3 is 10.3 Å². The topological polar surface area (TPSA) is 67.1 Å². The van der Waals surface area contributed by atoms with Crippen molar-refractivity contribution in [3.8, 4) is 0 Å². The molecule has 0 saturated carbocycles. The number of nitrogen functional groups attached to an aromatic ring is 1. The van der Waals surface area contributed by atoms with Crippen molar-refractivity contribution in [3.05, 3.63) is 11.9 Å². The summed E-state index contributed by atoms with van der Waals surface area (Å²) in [6, 6.07) is 0. The van der Waals surface area contributed by atoms with Crippen LogP contribution < -0.4 is 16.2 Å². The molecule has 0 spiro atoms. The molecule has 0 aromatic carbocycles. The van der Waals surface area contributed by atoms with Gasteiger partial charge in [-0.2, -0.15) is 11.8 Å². The number of rotatable bonds is 3. The Kier molecular flexibility index (Phi) is 4.52. The molecule has 19 heavy (non-hydrogen) atoms. The van der Waals surface area contributed by atoms with Gasteiger partial charge in [0.05, 0.1) is 0 Å². The molecule has 0 aliphatic carbocycles. The Morgan fingerprint density at radius 3 is 2.89 bits per heavy atom. The molecule has 106 valence electrons. The van der Waals surface area contributed by atoms with E-state index in [4.69, 9.17) is 5.84 Å². The van der Waals surface area contributed by atoms with Crippen LogP contribution in [0.25, 0.3) is 0 Å². The Morgan fingerprint density at radius 2 is 2.21 bits per heavy atom. The first-order chi connectivity index (χ1) is 9.07. The van der Waals surface area contributed by atoms with Gasteiger partial charge in [-0.15, -0.1) is 0 Å². The Labute approximate surface area is 119 Å². The van der Waals surface area contributed by atoms with Gasteiger partial charge in [0.1, 0.15) is 18.0 Å². The van der Waals surface area contributed by atoms with Crippen molar-refractivity contribution in [2.24, 2.45) is 5.84 Å². The first-order valence-electron chi connectivity index (χ1n) is 6.77. The Hall–Kier alpha value is -1.01. The number of anilines is 2. The van der Waals surface area contributed by atoms with Gasteiger partial charge in [0.2, 0.25) is 0 Å². The Morgan fingerprint density at radius 1 is 1.42 bits per heavy atom. The van der Waals surface area contributed by atoms with Crippen LogP contribution in [-0.4, -0.2) is 33.6 Å². The van der Waals surface area contributed by atoms with Crippen LogP contribution in [0, 0.1) is 0 Å². The van der Waals surface area contributed by atoms with E-state index >= 15 is 0 Å². The van der Waals surface area contributed by atoms with E-state index in [0.29, 0.717) is 4.75 Å². The maximum atomic E-state index is 5.54. The van der Waals surface area contributed by atoms with Crippen LogP contribution in [0.2, 0.25) is 0 Å². The molecule has 5 nitrogen and oxygen atoms in total. The van der Waals surface area contributed by atoms with Gasteiger partial charge >= 0.3 is 0 Å². The zero-order valence-corrected chi connectivity index (χ0v) is 12.8. The summed E-state index contributed by atoms with van der Waals surface area (Å²) in [5.41, 5.74) is 3.78. The Balaban J connectivity index is 2.26. The van der Waals surface area contributed by atoms with Gasteiger partial charge in [-0.3, -0.25) is 0 Å². The van der Waals surface area contributed by atoms with Crippen molar-refractivity contribution in [1.29, 1.82) is 0 Å². The highest BCUT2D eigenvalue weighted by atomic mass is 32.2. The first kappa shape index (κ1) is 14.4. The molecule has 1 saturated heterocycles. The average Bonchev–Trinajstić information content (AvgIpc) is 2.58. The van der Waals surface area contributed by atoms with E-state index in [0.717, 1.165) is 48.9 Å². The number of nitrogens with one attached hydrogen (secondary N) is 1. The maximum absolute atomic E-state index is 5.54. The van der Waals surface area contributed by atoms with Crippen molar-refractivity contribution < 1.29 is 0 Å². The number of hydrogen-bond acceptors (Lipinski definition) is 6. The second-order valence-electron chi connectivity index (χ2n) is 5.37. The molecule has 1 aromatic rings. The van der Waals surface area contributed by atoms with Crippen LogP contribution >= 0.6 is 11.8 Å². The molecule has 0 radical (unpaired) electrons. The highest BCUT2D eigenvalue weighted by Gasteiger charge is 2.25. The minimum Gasteiger partial charge on any atom is -0.355 e. The van der Waals surface area contributed by atoms with Gasteiger partial charge in [-0.05, 0) is 12.8 Å². The smallest absolute Gasteiger partial charge is 0.148 e. The fraction of sp³-hybridized carbons (Fsp3) is 0.692. The standard InChI is InChI=1S/C13H23N5S/c1-4-10-11(17-14)15-9-16-12(10)18-6-5-13(2,3)19-8-7-18/h9H,4-8,14H2,1-3H3,(H,15,16,17). The molecule has 2 heterocycles. The normalized spacial score (nSPS) is 19.1. The van der Waals surface area contributed by atoms with Crippen molar-refractivity contribution >= 4 is 23.4 Å². The monoisotopic (exact) mass is 281 g/mol. The van der Waals surface area contributed by atoms with Crippen molar-refractivity contribution in [2.45, 2.75) is 38.4 Å². The molecule has 3 N–H and O–H groups in total. The number of hydrogen-bond donors (Lipinski definition) is 2. The number of thioether (sulfide) groups is 1. The first-order valence-corrected chi connectivity index (χ1v) is 7.75. The largest absolute Gasteiger partial charge is 0.355 e. The lowest BCUT2D eigenvalue weighted by Gasteiger charge is -2.25. The number of aromatic nitrogens is 2. The zero-order valence-electron chi connectivity index (χ0n) is 11.9. The van der Waals surface area contributed by atoms with E-state index in [-0.39, 0.29) is 0 Å². The predicted molar refractivity (Wildman–Crippen MR) is 82.6 cm³/mol. The highest BCUT2D eigenvalue weighted by molar-refractivity contribution is 8.00. The number of nitrogens with two attached hydrogens (primary N) is 1. The SMILES string of the molecule is CCc1c(NN)ncnc1N1CCSC(C)(C)CC1. The maximum Gasteiger partial charge on any atom is 0.148 e. The molecule has 0 atom stereocenters. The fourth-order valence-electron chi connectivity index (χ4n) is 2.36. The lowest BCUT2D eigenvalue weighted by Crippen LogP contribution is -2.29. The summed E-state index contributed by atoms with van der Waals surface area (Å²) in [5, 5.41) is 0. The molecule has 1 aromatic heterocycles. The highest BCUT2D eigenvalue weighted by Crippen LogP contribution is 2.33. The lowest BCUT2D eigenvalue weighted by molar-refractivity contribution is 0.633. The van der Waals surface area contributed by atoms with Gasteiger partial charge in [-0.1, -0.05) is 20.8 Å². The second-order valence-corrected chi connectivity index (χ2v) is 7.17. The summed E-state index contributed by atoms with van der Waals surface area (Å²) in [4.78, 5) is 11.0. The van der Waals surface area contributed by atoms with E-state index in [2.05, 4.69) is 41.1 Å². The zero-order chi connectivity index (χ0) is 13.9. The van der Waals surface area contributed by atoms with Crippen LogP contribution in [0.1, 0.15) is 32.8 Å². The van der Waals surface area contributed by atoms with Crippen LogP contribution in [0.3, 0.4) is 0 Å². The quantitative estimate of drug-likeness (QED) is 0.653. The van der Waals surface area contributed by atoms with E-state index in [1.165, 1.54) is 0 Å². The molecule has 0 amide bonds. The van der Waals surface area contributed by atoms with Crippen LogP contribution in [0.4, 0.5) is 11.6 Å². The number of nitrogens with zero attached hydrogens (tertiary/aromatic N) is 3.